The normalized spacial score (nSPS) is 10.6. The lowest BCUT2D eigenvalue weighted by atomic mass is 10.0. The van der Waals surface area contributed by atoms with E-state index >= 15 is 0 Å². The molecule has 3 aromatic carbocycles. The lowest BCUT2D eigenvalue weighted by Gasteiger charge is -2.17. The average molecular weight is 405 g/mol. The van der Waals surface area contributed by atoms with E-state index in [4.69, 9.17) is 0 Å². The van der Waals surface area contributed by atoms with Crippen LogP contribution < -0.4 is 5.32 Å². The summed E-state index contributed by atoms with van der Waals surface area (Å²) in [6, 6.07) is 27.4. The minimum atomic E-state index is -0.0708. The van der Waals surface area contributed by atoms with Crippen molar-refractivity contribution < 1.29 is 9.59 Å². The standard InChI is InChI=1S/C24H24N2O2S/c1-26(2)24(28)20-13-15-21(16-14-20)25-22(27)17-29-23(18-9-5-3-6-10-18)19-11-7-4-8-12-19/h3-16,23H,17H2,1-2H3,(H,25,27). The number of carbonyl (C=O) groups excluding carboxylic acids is 2. The molecule has 0 aromatic heterocycles. The molecule has 1 N–H and O–H groups in total. The van der Waals surface area contributed by atoms with Gasteiger partial charge in [-0.25, -0.2) is 0 Å². The lowest BCUT2D eigenvalue weighted by molar-refractivity contribution is -0.113. The number of thioether (sulfide) groups is 1. The molecule has 4 nitrogen and oxygen atoms in total. The van der Waals surface area contributed by atoms with Gasteiger partial charge >= 0.3 is 0 Å². The summed E-state index contributed by atoms with van der Waals surface area (Å²) in [7, 11) is 3.43. The van der Waals surface area contributed by atoms with Crippen LogP contribution in [0.5, 0.6) is 0 Å². The molecular weight excluding hydrogens is 380 g/mol. The molecule has 29 heavy (non-hydrogen) atoms. The highest BCUT2D eigenvalue weighted by atomic mass is 32.2. The zero-order valence-electron chi connectivity index (χ0n) is 16.5. The Labute approximate surface area is 175 Å². The van der Waals surface area contributed by atoms with Crippen LogP contribution in [0.1, 0.15) is 26.7 Å². The van der Waals surface area contributed by atoms with E-state index in [1.165, 1.54) is 16.0 Å². The van der Waals surface area contributed by atoms with Gasteiger partial charge < -0.3 is 10.2 Å². The summed E-state index contributed by atoms with van der Waals surface area (Å²) in [5.74, 6) is 0.192. The van der Waals surface area contributed by atoms with Gasteiger partial charge in [0, 0.05) is 25.3 Å². The third kappa shape index (κ3) is 5.72. The Morgan fingerprint density at radius 1 is 0.828 bits per heavy atom. The van der Waals surface area contributed by atoms with Gasteiger partial charge in [-0.3, -0.25) is 9.59 Å². The summed E-state index contributed by atoms with van der Waals surface area (Å²) in [5.41, 5.74) is 3.61. The lowest BCUT2D eigenvalue weighted by Crippen LogP contribution is -2.21. The van der Waals surface area contributed by atoms with Gasteiger partial charge in [0.1, 0.15) is 0 Å². The second-order valence-corrected chi connectivity index (χ2v) is 7.93. The highest BCUT2D eigenvalue weighted by molar-refractivity contribution is 8.00. The first kappa shape index (κ1) is 20.7. The van der Waals surface area contributed by atoms with Gasteiger partial charge in [0.25, 0.3) is 5.91 Å². The molecule has 3 aromatic rings. The predicted molar refractivity (Wildman–Crippen MR) is 120 cm³/mol. The summed E-state index contributed by atoms with van der Waals surface area (Å²) in [6.07, 6.45) is 0. The molecule has 0 unspecified atom stereocenters. The molecule has 0 fully saturated rings. The van der Waals surface area contributed by atoms with Crippen LogP contribution in [-0.2, 0) is 4.79 Å². The molecule has 0 spiro atoms. The quantitative estimate of drug-likeness (QED) is 0.612. The number of nitrogens with zero attached hydrogens (tertiary/aromatic N) is 1. The second kappa shape index (κ2) is 9.94. The Kier molecular flexibility index (Phi) is 7.09. The third-order valence-corrected chi connectivity index (χ3v) is 5.71. The Balaban J connectivity index is 1.64. The number of carbonyl (C=O) groups is 2. The van der Waals surface area contributed by atoms with Crippen molar-refractivity contribution in [2.75, 3.05) is 25.2 Å². The fourth-order valence-corrected chi connectivity index (χ4v) is 4.04. The Hall–Kier alpha value is -3.05. The van der Waals surface area contributed by atoms with Crippen molar-refractivity contribution in [3.8, 4) is 0 Å². The SMILES string of the molecule is CN(C)C(=O)c1ccc(NC(=O)CSC(c2ccccc2)c2ccccc2)cc1. The molecule has 0 heterocycles. The predicted octanol–water partition coefficient (Wildman–Crippen LogP) is 4.85. The number of rotatable bonds is 7. The fraction of sp³-hybridized carbons (Fsp3) is 0.167. The molecule has 0 atom stereocenters. The number of anilines is 1. The number of hydrogen-bond donors (Lipinski definition) is 1. The van der Waals surface area contributed by atoms with Crippen molar-refractivity contribution in [1.29, 1.82) is 0 Å². The van der Waals surface area contributed by atoms with Crippen molar-refractivity contribution in [1.82, 2.24) is 4.90 Å². The van der Waals surface area contributed by atoms with E-state index in [-0.39, 0.29) is 17.1 Å². The summed E-state index contributed by atoms with van der Waals surface area (Å²) >= 11 is 1.59. The van der Waals surface area contributed by atoms with Crippen LogP contribution in [0.4, 0.5) is 5.69 Å². The van der Waals surface area contributed by atoms with E-state index in [2.05, 4.69) is 29.6 Å². The molecule has 0 aliphatic carbocycles. The molecule has 0 radical (unpaired) electrons. The van der Waals surface area contributed by atoms with Gasteiger partial charge in [0.2, 0.25) is 5.91 Å². The first-order valence-corrected chi connectivity index (χ1v) is 10.4. The van der Waals surface area contributed by atoms with E-state index < -0.39 is 0 Å². The van der Waals surface area contributed by atoms with Crippen molar-refractivity contribution in [2.45, 2.75) is 5.25 Å². The first-order chi connectivity index (χ1) is 14.0. The van der Waals surface area contributed by atoms with Crippen LogP contribution >= 0.6 is 11.8 Å². The van der Waals surface area contributed by atoms with Crippen LogP contribution in [0.25, 0.3) is 0 Å². The summed E-state index contributed by atoms with van der Waals surface area (Å²) in [6.45, 7) is 0. The maximum atomic E-state index is 12.5. The maximum Gasteiger partial charge on any atom is 0.253 e. The largest absolute Gasteiger partial charge is 0.345 e. The number of nitrogens with one attached hydrogen (secondary N) is 1. The zero-order valence-corrected chi connectivity index (χ0v) is 17.4. The van der Waals surface area contributed by atoms with Crippen molar-refractivity contribution in [2.24, 2.45) is 0 Å². The molecule has 0 aliphatic rings. The molecule has 0 saturated carbocycles. The van der Waals surface area contributed by atoms with Crippen LogP contribution in [0.3, 0.4) is 0 Å². The smallest absolute Gasteiger partial charge is 0.253 e. The third-order valence-electron chi connectivity index (χ3n) is 4.41. The molecule has 0 bridgehead atoms. The number of hydrogen-bond acceptors (Lipinski definition) is 3. The molecule has 0 aliphatic heterocycles. The molecular formula is C24H24N2O2S. The van der Waals surface area contributed by atoms with E-state index in [0.717, 1.165) is 0 Å². The molecule has 2 amide bonds. The van der Waals surface area contributed by atoms with Gasteiger partial charge in [0.05, 0.1) is 11.0 Å². The first-order valence-electron chi connectivity index (χ1n) is 9.37. The highest BCUT2D eigenvalue weighted by Crippen LogP contribution is 2.35. The van der Waals surface area contributed by atoms with E-state index in [0.29, 0.717) is 17.0 Å². The van der Waals surface area contributed by atoms with Crippen LogP contribution in [0, 0.1) is 0 Å². The van der Waals surface area contributed by atoms with Crippen LogP contribution in [-0.4, -0.2) is 36.6 Å². The van der Waals surface area contributed by atoms with Gasteiger partial charge in [0.15, 0.2) is 0 Å². The van der Waals surface area contributed by atoms with E-state index in [9.17, 15) is 9.59 Å². The fourth-order valence-electron chi connectivity index (χ4n) is 2.95. The number of amides is 2. The average Bonchev–Trinajstić information content (AvgIpc) is 2.75. The summed E-state index contributed by atoms with van der Waals surface area (Å²) < 4.78 is 0. The summed E-state index contributed by atoms with van der Waals surface area (Å²) in [5, 5.41) is 3.00. The molecule has 5 heteroatoms. The minimum Gasteiger partial charge on any atom is -0.345 e. The zero-order chi connectivity index (χ0) is 20.6. The Morgan fingerprint density at radius 3 is 1.83 bits per heavy atom. The number of benzene rings is 3. The topological polar surface area (TPSA) is 49.4 Å². The van der Waals surface area contributed by atoms with Gasteiger partial charge in [-0.2, -0.15) is 0 Å². The van der Waals surface area contributed by atoms with Crippen molar-refractivity contribution in [3.05, 3.63) is 102 Å². The van der Waals surface area contributed by atoms with Gasteiger partial charge in [-0.1, -0.05) is 60.7 Å². The Bertz CT molecular complexity index is 902. The minimum absolute atomic E-state index is 0.0630. The Morgan fingerprint density at radius 2 is 1.34 bits per heavy atom. The molecule has 0 saturated heterocycles. The molecule has 148 valence electrons. The van der Waals surface area contributed by atoms with Crippen molar-refractivity contribution in [3.63, 3.8) is 0 Å². The van der Waals surface area contributed by atoms with Gasteiger partial charge in [-0.15, -0.1) is 11.8 Å². The van der Waals surface area contributed by atoms with Gasteiger partial charge in [-0.05, 0) is 35.4 Å². The van der Waals surface area contributed by atoms with Crippen LogP contribution in [0.2, 0.25) is 0 Å². The second-order valence-electron chi connectivity index (χ2n) is 6.84. The molecule has 3 rings (SSSR count). The maximum absolute atomic E-state index is 12.5. The summed E-state index contributed by atoms with van der Waals surface area (Å²) in [4.78, 5) is 26.0. The van der Waals surface area contributed by atoms with E-state index in [1.54, 1.807) is 50.1 Å². The highest BCUT2D eigenvalue weighted by Gasteiger charge is 2.16. The van der Waals surface area contributed by atoms with E-state index in [1.807, 2.05) is 36.4 Å². The van der Waals surface area contributed by atoms with Crippen LogP contribution in [0.15, 0.2) is 84.9 Å². The monoisotopic (exact) mass is 404 g/mol. The van der Waals surface area contributed by atoms with Crippen molar-refractivity contribution >= 4 is 29.3 Å².